The van der Waals surface area contributed by atoms with E-state index in [1.807, 2.05) is 13.8 Å². The van der Waals surface area contributed by atoms with Crippen LogP contribution in [0.1, 0.15) is 13.8 Å². The molecule has 0 bridgehead atoms. The zero-order chi connectivity index (χ0) is 4.99. The van der Waals surface area contributed by atoms with Crippen LogP contribution < -0.4 is 0 Å². The summed E-state index contributed by atoms with van der Waals surface area (Å²) in [5, 5.41) is 0. The van der Waals surface area contributed by atoms with Gasteiger partial charge in [0.25, 0.3) is 0 Å². The molecule has 0 N–H and O–H groups in total. The first-order valence-electron chi connectivity index (χ1n) is 2.45. The van der Waals surface area contributed by atoms with Gasteiger partial charge in [-0.05, 0) is 0 Å². The summed E-state index contributed by atoms with van der Waals surface area (Å²) in [4.78, 5) is 0. The number of hydrogen-bond acceptors (Lipinski definition) is 0. The molecule has 0 amide bonds. The Morgan fingerprint density at radius 2 is 1.67 bits per heavy atom. The Balaban J connectivity index is 2.75. The quantitative estimate of drug-likeness (QED) is 0.591. The van der Waals surface area contributed by atoms with Crippen molar-refractivity contribution in [3.63, 3.8) is 0 Å². The Bertz CT molecular complexity index is 26.7. The molecule has 0 saturated carbocycles. The van der Waals surface area contributed by atoms with Crippen LogP contribution in [0.5, 0.6) is 0 Å². The zero-order valence-electron chi connectivity index (χ0n) is 4.37. The molecule has 0 aliphatic rings. The van der Waals surface area contributed by atoms with Gasteiger partial charge in [-0.3, -0.25) is 0 Å². The molecule has 38 valence electrons. The van der Waals surface area contributed by atoms with Gasteiger partial charge in [-0.15, -0.1) is 0 Å². The van der Waals surface area contributed by atoms with E-state index >= 15 is 0 Å². The summed E-state index contributed by atoms with van der Waals surface area (Å²) >= 11 is -2.22. The minimum atomic E-state index is -2.22. The van der Waals surface area contributed by atoms with Crippen LogP contribution in [0.3, 0.4) is 0 Å². The number of halogens is 1. The first-order valence-corrected chi connectivity index (χ1v) is 8.36. The van der Waals surface area contributed by atoms with Crippen molar-refractivity contribution in [1.29, 1.82) is 0 Å². The normalized spacial score (nSPS) is 10.0. The van der Waals surface area contributed by atoms with Crippen LogP contribution in [0.25, 0.3) is 0 Å². The molecule has 0 heterocycles. The predicted octanol–water partition coefficient (Wildman–Crippen LogP) is 1.72. The maximum atomic E-state index is 12.1. The van der Waals surface area contributed by atoms with Crippen LogP contribution in [0.2, 0.25) is 8.87 Å². The Kier molecular flexibility index (Phi) is 4.38. The van der Waals surface area contributed by atoms with Gasteiger partial charge in [0.15, 0.2) is 0 Å². The SMILES string of the molecule is C[CH2][SnH]([F])[CH2]C. The molecule has 0 unspecified atom stereocenters. The molecule has 0 aromatic rings. The van der Waals surface area contributed by atoms with Crippen LogP contribution in [0.4, 0.5) is 2.87 Å². The second kappa shape index (κ2) is 3.90. The van der Waals surface area contributed by atoms with Crippen molar-refractivity contribution in [2.45, 2.75) is 22.7 Å². The van der Waals surface area contributed by atoms with Gasteiger partial charge < -0.3 is 0 Å². The Labute approximate surface area is 46.3 Å². The van der Waals surface area contributed by atoms with Crippen molar-refractivity contribution in [1.82, 2.24) is 0 Å². The van der Waals surface area contributed by atoms with Crippen molar-refractivity contribution < 1.29 is 2.87 Å². The number of rotatable bonds is 2. The van der Waals surface area contributed by atoms with Crippen LogP contribution in [0.15, 0.2) is 0 Å². The Hall–Kier alpha value is 0.729. The van der Waals surface area contributed by atoms with Crippen molar-refractivity contribution >= 4 is 20.3 Å². The molecular weight excluding hydrogens is 186 g/mol. The zero-order valence-corrected chi connectivity index (χ0v) is 7.67. The first-order chi connectivity index (χ1) is 2.81. The van der Waals surface area contributed by atoms with E-state index < -0.39 is 20.3 Å². The predicted molar refractivity (Wildman–Crippen MR) is 29.2 cm³/mol. The summed E-state index contributed by atoms with van der Waals surface area (Å²) in [5.41, 5.74) is 0. The molecule has 2 heteroatoms. The molecule has 0 saturated heterocycles. The van der Waals surface area contributed by atoms with Gasteiger partial charge >= 0.3 is 45.9 Å². The van der Waals surface area contributed by atoms with Gasteiger partial charge in [-0.1, -0.05) is 0 Å². The standard InChI is InChI=1S/2C2H5.FH.Sn.H/c2*1-2;;;/h2*1H2,2H3;1H;;/q;;;+1;/p-1. The third-order valence-corrected chi connectivity index (χ3v) is 5.94. The monoisotopic (exact) mass is 198 g/mol. The molecule has 0 radical (unpaired) electrons. The molecule has 6 heavy (non-hydrogen) atoms. The van der Waals surface area contributed by atoms with Gasteiger partial charge in [-0.2, -0.15) is 0 Å². The van der Waals surface area contributed by atoms with E-state index in [1.54, 1.807) is 0 Å². The van der Waals surface area contributed by atoms with Crippen LogP contribution >= 0.6 is 0 Å². The van der Waals surface area contributed by atoms with Crippen molar-refractivity contribution in [3.05, 3.63) is 0 Å². The van der Waals surface area contributed by atoms with Gasteiger partial charge in [0.05, 0.1) is 0 Å². The second-order valence-corrected chi connectivity index (χ2v) is 9.48. The molecular formula is C4H11FSn. The topological polar surface area (TPSA) is 0 Å². The molecule has 0 aromatic carbocycles. The summed E-state index contributed by atoms with van der Waals surface area (Å²) in [6.07, 6.45) is 0. The molecule has 0 aliphatic heterocycles. The minimum absolute atomic E-state index is 0.873. The molecule has 0 nitrogen and oxygen atoms in total. The first kappa shape index (κ1) is 6.73. The summed E-state index contributed by atoms with van der Waals surface area (Å²) in [6.45, 7) is 3.90. The van der Waals surface area contributed by atoms with Crippen LogP contribution in [-0.2, 0) is 0 Å². The van der Waals surface area contributed by atoms with Crippen molar-refractivity contribution in [2.24, 2.45) is 0 Å². The molecule has 0 rings (SSSR count). The average molecular weight is 197 g/mol. The fraction of sp³-hybridized carbons (Fsp3) is 1.00. The van der Waals surface area contributed by atoms with Gasteiger partial charge in [0, 0.05) is 0 Å². The summed E-state index contributed by atoms with van der Waals surface area (Å²) in [6, 6.07) is 0. The van der Waals surface area contributed by atoms with E-state index in [9.17, 15) is 2.87 Å². The molecule has 0 aliphatic carbocycles. The summed E-state index contributed by atoms with van der Waals surface area (Å²) in [5.74, 6) is 0. The average Bonchev–Trinajstić information content (AvgIpc) is 1.65. The van der Waals surface area contributed by atoms with Crippen molar-refractivity contribution in [2.75, 3.05) is 0 Å². The van der Waals surface area contributed by atoms with Gasteiger partial charge in [0.2, 0.25) is 0 Å². The molecule has 0 spiro atoms. The fourth-order valence-corrected chi connectivity index (χ4v) is 1.94. The summed E-state index contributed by atoms with van der Waals surface area (Å²) in [7, 11) is 0. The van der Waals surface area contributed by atoms with E-state index in [-0.39, 0.29) is 0 Å². The van der Waals surface area contributed by atoms with E-state index in [0.29, 0.717) is 0 Å². The van der Waals surface area contributed by atoms with Gasteiger partial charge in [-0.25, -0.2) is 0 Å². The van der Waals surface area contributed by atoms with E-state index in [2.05, 4.69) is 0 Å². The molecule has 0 atom stereocenters. The third-order valence-electron chi connectivity index (χ3n) is 0.886. The fourth-order valence-electron chi connectivity index (χ4n) is 0.289. The Morgan fingerprint density at radius 3 is 1.67 bits per heavy atom. The second-order valence-electron chi connectivity index (χ2n) is 1.41. The van der Waals surface area contributed by atoms with Gasteiger partial charge in [0.1, 0.15) is 0 Å². The third kappa shape index (κ3) is 2.94. The Morgan fingerprint density at radius 1 is 1.33 bits per heavy atom. The summed E-state index contributed by atoms with van der Waals surface area (Å²) < 4.78 is 13.8. The molecule has 0 aromatic heterocycles. The van der Waals surface area contributed by atoms with Crippen LogP contribution in [0, 0.1) is 0 Å². The van der Waals surface area contributed by atoms with E-state index in [1.165, 1.54) is 0 Å². The number of hydrogen-bond donors (Lipinski definition) is 0. The molecule has 0 fully saturated rings. The maximum absolute atomic E-state index is 12.1. The van der Waals surface area contributed by atoms with E-state index in [0.717, 1.165) is 8.87 Å². The van der Waals surface area contributed by atoms with Crippen LogP contribution in [-0.4, -0.2) is 20.3 Å². The van der Waals surface area contributed by atoms with E-state index in [4.69, 9.17) is 0 Å². The van der Waals surface area contributed by atoms with Crippen molar-refractivity contribution in [3.8, 4) is 0 Å².